The first-order valence-electron chi connectivity index (χ1n) is 6.21. The topological polar surface area (TPSA) is 63.3 Å². The molecule has 0 amide bonds. The van der Waals surface area contributed by atoms with Crippen molar-refractivity contribution in [1.82, 2.24) is 4.98 Å². The molecular weight excluding hydrogens is 278 g/mol. The number of halogens is 1. The number of hydrogen-bond acceptors (Lipinski definition) is 3. The van der Waals surface area contributed by atoms with Crippen LogP contribution >= 0.6 is 11.6 Å². The number of oxazole rings is 1. The molecule has 0 saturated heterocycles. The number of carbonyl (C=O) groups is 1. The summed E-state index contributed by atoms with van der Waals surface area (Å²) in [6, 6.07) is 5.33. The van der Waals surface area contributed by atoms with Gasteiger partial charge in [0.25, 0.3) is 0 Å². The maximum absolute atomic E-state index is 11.3. The van der Waals surface area contributed by atoms with E-state index >= 15 is 0 Å². The molecule has 0 aliphatic carbocycles. The number of aryl methyl sites for hydroxylation is 1. The fourth-order valence-corrected chi connectivity index (χ4v) is 1.99. The average Bonchev–Trinajstić information content (AvgIpc) is 2.77. The van der Waals surface area contributed by atoms with Crippen molar-refractivity contribution >= 4 is 17.6 Å². The highest BCUT2D eigenvalue weighted by Crippen LogP contribution is 2.31. The molecule has 0 unspecified atom stereocenters. The van der Waals surface area contributed by atoms with Crippen molar-refractivity contribution in [2.45, 2.75) is 33.1 Å². The molecule has 1 N–H and O–H groups in total. The molecule has 2 aromatic rings. The van der Waals surface area contributed by atoms with E-state index in [4.69, 9.17) is 16.0 Å². The van der Waals surface area contributed by atoms with Crippen molar-refractivity contribution in [3.63, 3.8) is 0 Å². The molecule has 0 radical (unpaired) electrons. The Morgan fingerprint density at radius 2 is 2.00 bits per heavy atom. The van der Waals surface area contributed by atoms with Crippen LogP contribution in [0.2, 0.25) is 5.02 Å². The molecule has 5 heteroatoms. The van der Waals surface area contributed by atoms with E-state index < -0.39 is 11.4 Å². The van der Waals surface area contributed by atoms with Gasteiger partial charge >= 0.3 is 5.97 Å². The Kier molecular flexibility index (Phi) is 3.61. The van der Waals surface area contributed by atoms with Gasteiger partial charge in [-0.05, 0) is 30.7 Å². The van der Waals surface area contributed by atoms with Crippen LogP contribution in [0.3, 0.4) is 0 Å². The van der Waals surface area contributed by atoms with Crippen molar-refractivity contribution in [2.24, 2.45) is 0 Å². The summed E-state index contributed by atoms with van der Waals surface area (Å²) in [7, 11) is 0. The summed E-state index contributed by atoms with van der Waals surface area (Å²) in [5, 5.41) is 9.88. The minimum atomic E-state index is -1.11. The monoisotopic (exact) mass is 293 g/mol. The summed E-state index contributed by atoms with van der Waals surface area (Å²) in [6.07, 6.45) is 0. The highest BCUT2D eigenvalue weighted by Gasteiger charge is 2.29. The van der Waals surface area contributed by atoms with Gasteiger partial charge in [0, 0.05) is 16.0 Å². The molecule has 1 aromatic heterocycles. The van der Waals surface area contributed by atoms with Crippen molar-refractivity contribution in [2.75, 3.05) is 0 Å². The number of carboxylic acid groups (broad SMARTS) is 1. The van der Waals surface area contributed by atoms with Crippen LogP contribution in [0.5, 0.6) is 0 Å². The normalized spacial score (nSPS) is 11.7. The van der Waals surface area contributed by atoms with Gasteiger partial charge in [0.2, 0.25) is 11.7 Å². The Bertz CT molecular complexity index is 668. The lowest BCUT2D eigenvalue weighted by Crippen LogP contribution is -2.16. The molecule has 2 rings (SSSR count). The van der Waals surface area contributed by atoms with E-state index in [9.17, 15) is 9.90 Å². The molecule has 0 saturated carbocycles. The Hall–Kier alpha value is -1.81. The van der Waals surface area contributed by atoms with Gasteiger partial charge in [-0.1, -0.05) is 32.4 Å². The Labute approximate surface area is 122 Å². The van der Waals surface area contributed by atoms with Crippen LogP contribution in [-0.4, -0.2) is 16.1 Å². The fourth-order valence-electron chi connectivity index (χ4n) is 1.87. The van der Waals surface area contributed by atoms with Gasteiger partial charge < -0.3 is 9.52 Å². The van der Waals surface area contributed by atoms with Crippen LogP contribution in [0.15, 0.2) is 22.6 Å². The quantitative estimate of drug-likeness (QED) is 0.896. The zero-order valence-electron chi connectivity index (χ0n) is 11.8. The van der Waals surface area contributed by atoms with Gasteiger partial charge in [-0.25, -0.2) is 9.78 Å². The number of rotatable bonds is 2. The van der Waals surface area contributed by atoms with Crippen LogP contribution in [0.1, 0.15) is 42.6 Å². The fraction of sp³-hybridized carbons (Fsp3) is 0.333. The van der Waals surface area contributed by atoms with Crippen molar-refractivity contribution in [3.8, 4) is 11.5 Å². The first kappa shape index (κ1) is 14.6. The summed E-state index contributed by atoms with van der Waals surface area (Å²) in [6.45, 7) is 7.56. The first-order valence-corrected chi connectivity index (χ1v) is 6.59. The standard InChI is InChI=1S/C15H16ClNO3/c1-8-7-9(5-6-10(8)16)13-17-12(15(2,3)4)11(20-13)14(18)19/h5-7H,1-4H3,(H,18,19). The second-order valence-corrected chi connectivity index (χ2v) is 6.12. The molecule has 106 valence electrons. The van der Waals surface area contributed by atoms with E-state index in [2.05, 4.69) is 4.98 Å². The summed E-state index contributed by atoms with van der Waals surface area (Å²) >= 11 is 5.98. The second kappa shape index (κ2) is 4.94. The molecule has 0 aliphatic rings. The summed E-state index contributed by atoms with van der Waals surface area (Å²) < 4.78 is 5.43. The molecule has 0 aliphatic heterocycles. The maximum Gasteiger partial charge on any atom is 0.373 e. The zero-order valence-corrected chi connectivity index (χ0v) is 12.6. The number of hydrogen-bond donors (Lipinski definition) is 1. The van der Waals surface area contributed by atoms with E-state index in [1.54, 1.807) is 12.1 Å². The Balaban J connectivity index is 2.58. The van der Waals surface area contributed by atoms with Gasteiger partial charge in [0.15, 0.2) is 0 Å². The number of aromatic carboxylic acids is 1. The van der Waals surface area contributed by atoms with Crippen LogP contribution in [0.25, 0.3) is 11.5 Å². The lowest BCUT2D eigenvalue weighted by molar-refractivity contribution is 0.0659. The highest BCUT2D eigenvalue weighted by atomic mass is 35.5. The van der Waals surface area contributed by atoms with Gasteiger partial charge in [-0.15, -0.1) is 0 Å². The molecule has 1 aromatic carbocycles. The molecule has 1 heterocycles. The van der Waals surface area contributed by atoms with E-state index in [0.29, 0.717) is 22.2 Å². The molecular formula is C15H16ClNO3. The lowest BCUT2D eigenvalue weighted by Gasteiger charge is -2.14. The average molecular weight is 294 g/mol. The highest BCUT2D eigenvalue weighted by molar-refractivity contribution is 6.31. The van der Waals surface area contributed by atoms with Gasteiger partial charge in [-0.2, -0.15) is 0 Å². The van der Waals surface area contributed by atoms with Crippen LogP contribution in [0, 0.1) is 6.92 Å². The number of aromatic nitrogens is 1. The van der Waals surface area contributed by atoms with Crippen molar-refractivity contribution in [3.05, 3.63) is 40.2 Å². The Morgan fingerprint density at radius 3 is 2.45 bits per heavy atom. The van der Waals surface area contributed by atoms with E-state index in [-0.39, 0.29) is 5.76 Å². The third-order valence-electron chi connectivity index (χ3n) is 2.94. The molecule has 20 heavy (non-hydrogen) atoms. The number of nitrogens with zero attached hydrogens (tertiary/aromatic N) is 1. The van der Waals surface area contributed by atoms with E-state index in [1.165, 1.54) is 0 Å². The van der Waals surface area contributed by atoms with Crippen LogP contribution in [-0.2, 0) is 5.41 Å². The predicted octanol–water partition coefficient (Wildman–Crippen LogP) is 4.30. The maximum atomic E-state index is 11.3. The summed E-state index contributed by atoms with van der Waals surface area (Å²) in [4.78, 5) is 15.6. The van der Waals surface area contributed by atoms with Crippen LogP contribution in [0.4, 0.5) is 0 Å². The predicted molar refractivity (Wildman–Crippen MR) is 77.3 cm³/mol. The zero-order chi connectivity index (χ0) is 15.1. The van der Waals surface area contributed by atoms with E-state index in [1.807, 2.05) is 33.8 Å². The summed E-state index contributed by atoms with van der Waals surface area (Å²) in [5.41, 5.74) is 1.63. The third kappa shape index (κ3) is 2.70. The number of carboxylic acids is 1. The lowest BCUT2D eigenvalue weighted by atomic mass is 9.91. The van der Waals surface area contributed by atoms with Crippen LogP contribution < -0.4 is 0 Å². The third-order valence-corrected chi connectivity index (χ3v) is 3.36. The van der Waals surface area contributed by atoms with Gasteiger partial charge in [0.05, 0.1) is 0 Å². The molecule has 0 spiro atoms. The van der Waals surface area contributed by atoms with E-state index in [0.717, 1.165) is 5.56 Å². The SMILES string of the molecule is Cc1cc(-c2nc(C(C)(C)C)c(C(=O)O)o2)ccc1Cl. The molecule has 0 fully saturated rings. The largest absolute Gasteiger partial charge is 0.475 e. The smallest absolute Gasteiger partial charge is 0.373 e. The second-order valence-electron chi connectivity index (χ2n) is 5.72. The van der Waals surface area contributed by atoms with Crippen molar-refractivity contribution < 1.29 is 14.3 Å². The van der Waals surface area contributed by atoms with Gasteiger partial charge in [0.1, 0.15) is 5.69 Å². The number of benzene rings is 1. The molecule has 0 atom stereocenters. The minimum absolute atomic E-state index is 0.111. The molecule has 0 bridgehead atoms. The molecule has 4 nitrogen and oxygen atoms in total. The Morgan fingerprint density at radius 1 is 1.35 bits per heavy atom. The van der Waals surface area contributed by atoms with Crippen molar-refractivity contribution in [1.29, 1.82) is 0 Å². The minimum Gasteiger partial charge on any atom is -0.475 e. The summed E-state index contributed by atoms with van der Waals surface area (Å²) in [5.74, 6) is -0.924. The first-order chi connectivity index (χ1) is 9.20. The van der Waals surface area contributed by atoms with Gasteiger partial charge in [-0.3, -0.25) is 0 Å².